The fourth-order valence-corrected chi connectivity index (χ4v) is 37.8. The van der Waals surface area contributed by atoms with Crippen molar-refractivity contribution in [1.82, 2.24) is 29.4 Å². The van der Waals surface area contributed by atoms with Crippen LogP contribution >= 0.6 is 0 Å². The first-order chi connectivity index (χ1) is 40.0. The van der Waals surface area contributed by atoms with Crippen molar-refractivity contribution in [2.24, 2.45) is 0 Å². The highest BCUT2D eigenvalue weighted by Crippen LogP contribution is 2.39. The normalized spacial score (nSPS) is 15.8. The Hall–Kier alpha value is 0.541. The van der Waals surface area contributed by atoms with E-state index in [4.69, 9.17) is 56.0 Å². The monoisotopic (exact) mass is 1290 g/mol. The molecule has 0 heterocycles. The van der Waals surface area contributed by atoms with Gasteiger partial charge >= 0.3 is 52.8 Å². The summed E-state index contributed by atoms with van der Waals surface area (Å²) >= 11 is 0. The molecule has 0 radical (unpaired) electrons. The molecule has 0 bridgehead atoms. The van der Waals surface area contributed by atoms with Gasteiger partial charge in [0, 0.05) is 89.1 Å². The second kappa shape index (κ2) is 49.3. The Morgan fingerprint density at radius 3 is 0.434 bits per heavy atom. The van der Waals surface area contributed by atoms with Crippen LogP contribution in [-0.2, 0) is 56.0 Å². The van der Waals surface area contributed by atoms with E-state index in [1.54, 1.807) is 0 Å². The van der Waals surface area contributed by atoms with E-state index < -0.39 is 52.8 Å². The molecule has 19 nitrogen and oxygen atoms in total. The smallest absolute Gasteiger partial charge is 0.375 e. The molecule has 25 heteroatoms. The quantitative estimate of drug-likeness (QED) is 0.0533. The predicted octanol–water partition coefficient (Wildman–Crippen LogP) is 11.4. The molecule has 0 aliphatic heterocycles. The lowest BCUT2D eigenvalue weighted by molar-refractivity contribution is 0.0279. The van der Waals surface area contributed by atoms with Crippen LogP contribution in [0.3, 0.4) is 0 Å². The largest absolute Gasteiger partial charge is 0.493 e. The van der Waals surface area contributed by atoms with Gasteiger partial charge in [-0.25, -0.2) is 0 Å². The SMILES string of the molecule is CCO[Si](CCCN(CC)CC)(OCC)O[Si](CCCN(CC)CC)(OCC)O[Si](CCCN(CC)CC)(OCC)O[Si](CCCN(CC)CC)(OCC)O[Si](CCCN(CC)CC)(OCC)O[Si](CCCN(CC)CC)(OCC)OCC. The van der Waals surface area contributed by atoms with Crippen LogP contribution in [-0.4, -0.2) is 253 Å². The number of nitrogens with zero attached hydrogens (tertiary/aromatic N) is 6. The third-order valence-corrected chi connectivity index (χ3v) is 39.6. The third kappa shape index (κ3) is 32.4. The van der Waals surface area contributed by atoms with Crippen molar-refractivity contribution in [3.63, 3.8) is 0 Å². The maximum Gasteiger partial charge on any atom is 0.493 e. The fraction of sp³-hybridized carbons (Fsp3) is 1.00. The molecule has 0 saturated heterocycles. The van der Waals surface area contributed by atoms with Crippen molar-refractivity contribution >= 4 is 52.8 Å². The van der Waals surface area contributed by atoms with Crippen LogP contribution < -0.4 is 0 Å². The van der Waals surface area contributed by atoms with Crippen LogP contribution in [0.2, 0.25) is 36.3 Å². The lowest BCUT2D eigenvalue weighted by Gasteiger charge is -2.47. The zero-order chi connectivity index (χ0) is 62.5. The first-order valence-electron chi connectivity index (χ1n) is 33.9. The molecule has 0 rings (SSSR count). The summed E-state index contributed by atoms with van der Waals surface area (Å²) in [5.74, 6) is 0. The molecule has 4 atom stereocenters. The molecule has 0 aliphatic rings. The van der Waals surface area contributed by atoms with E-state index in [1.807, 2.05) is 55.4 Å². The molecule has 0 spiro atoms. The summed E-state index contributed by atoms with van der Waals surface area (Å²) in [6.45, 7) is 62.3. The van der Waals surface area contributed by atoms with Gasteiger partial charge in [0.15, 0.2) is 0 Å². The second-order valence-corrected chi connectivity index (χ2v) is 38.4. The van der Waals surface area contributed by atoms with Crippen molar-refractivity contribution < 1.29 is 56.0 Å². The summed E-state index contributed by atoms with van der Waals surface area (Å²) < 4.78 is 97.2. The van der Waals surface area contributed by atoms with Gasteiger partial charge in [0.2, 0.25) is 0 Å². The van der Waals surface area contributed by atoms with Crippen LogP contribution in [0.5, 0.6) is 0 Å². The summed E-state index contributed by atoms with van der Waals surface area (Å²) in [6.07, 6.45) is 4.65. The third-order valence-electron chi connectivity index (χ3n) is 15.6. The topological polar surface area (TPSA) is 139 Å². The highest BCUT2D eigenvalue weighted by Gasteiger charge is 2.65. The van der Waals surface area contributed by atoms with E-state index in [0.717, 1.165) is 156 Å². The zero-order valence-corrected chi connectivity index (χ0v) is 63.9. The molecule has 0 aromatic rings. The molecular formula is C58H136N6O13Si6. The Kier molecular flexibility index (Phi) is 49.6. The van der Waals surface area contributed by atoms with Gasteiger partial charge in [-0.05, 0) is 212 Å². The average Bonchev–Trinajstić information content (AvgIpc) is 3.64. The van der Waals surface area contributed by atoms with Gasteiger partial charge in [-0.15, -0.1) is 0 Å². The lowest BCUT2D eigenvalue weighted by Crippen LogP contribution is -2.70. The molecule has 0 aliphatic carbocycles. The van der Waals surface area contributed by atoms with Gasteiger partial charge < -0.3 is 85.4 Å². The Morgan fingerprint density at radius 1 is 0.181 bits per heavy atom. The van der Waals surface area contributed by atoms with Crippen LogP contribution in [0.15, 0.2) is 0 Å². The number of hydrogen-bond acceptors (Lipinski definition) is 19. The maximum absolute atomic E-state index is 8.24. The Morgan fingerprint density at radius 2 is 0.301 bits per heavy atom. The number of rotatable bonds is 62. The minimum absolute atomic E-state index is 0.318. The molecule has 0 amide bonds. The summed E-state index contributed by atoms with van der Waals surface area (Å²) in [5.41, 5.74) is 0. The van der Waals surface area contributed by atoms with Gasteiger partial charge in [-0.2, -0.15) is 0 Å². The molecule has 83 heavy (non-hydrogen) atoms. The summed E-state index contributed by atoms with van der Waals surface area (Å²) in [7, 11) is -23.3. The van der Waals surface area contributed by atoms with E-state index in [2.05, 4.69) is 112 Å². The lowest BCUT2D eigenvalue weighted by atomic mass is 10.4. The van der Waals surface area contributed by atoms with Gasteiger partial charge in [-0.3, -0.25) is 0 Å². The van der Waals surface area contributed by atoms with E-state index in [1.165, 1.54) is 0 Å². The highest BCUT2D eigenvalue weighted by atomic mass is 28.5. The van der Waals surface area contributed by atoms with Crippen molar-refractivity contribution in [2.45, 2.75) is 213 Å². The molecule has 0 aromatic carbocycles. The molecule has 4 unspecified atom stereocenters. The number of hydrogen-bond donors (Lipinski definition) is 0. The predicted molar refractivity (Wildman–Crippen MR) is 356 cm³/mol. The summed E-state index contributed by atoms with van der Waals surface area (Å²) in [4.78, 5) is 14.7. The van der Waals surface area contributed by atoms with E-state index >= 15 is 0 Å². The highest BCUT2D eigenvalue weighted by molar-refractivity contribution is 6.87. The van der Waals surface area contributed by atoms with Crippen LogP contribution in [0.4, 0.5) is 0 Å². The van der Waals surface area contributed by atoms with E-state index in [0.29, 0.717) is 89.1 Å². The zero-order valence-electron chi connectivity index (χ0n) is 57.9. The summed E-state index contributed by atoms with van der Waals surface area (Å²) in [5, 5.41) is 0. The average molecular weight is 1290 g/mol. The van der Waals surface area contributed by atoms with Crippen LogP contribution in [0.25, 0.3) is 0 Å². The molecule has 0 N–H and O–H groups in total. The van der Waals surface area contributed by atoms with Gasteiger partial charge in [0.25, 0.3) is 0 Å². The molecule has 0 saturated carbocycles. The first-order valence-corrected chi connectivity index (χ1v) is 45.5. The maximum atomic E-state index is 8.24. The Bertz CT molecular complexity index is 1380. The molecule has 500 valence electrons. The first kappa shape index (κ1) is 83.5. The van der Waals surface area contributed by atoms with Crippen LogP contribution in [0.1, 0.15) is 177 Å². The van der Waals surface area contributed by atoms with Crippen molar-refractivity contribution in [3.05, 3.63) is 0 Å². The Balaban J connectivity index is 9.33. The Labute approximate surface area is 519 Å². The minimum atomic E-state index is -4.12. The van der Waals surface area contributed by atoms with Crippen molar-refractivity contribution in [2.75, 3.05) is 171 Å². The second-order valence-electron chi connectivity index (χ2n) is 20.9. The molecule has 0 aromatic heterocycles. The van der Waals surface area contributed by atoms with Crippen molar-refractivity contribution in [1.29, 1.82) is 0 Å². The van der Waals surface area contributed by atoms with E-state index in [9.17, 15) is 0 Å². The van der Waals surface area contributed by atoms with E-state index in [-0.39, 0.29) is 0 Å². The van der Waals surface area contributed by atoms with Crippen LogP contribution in [0, 0.1) is 0 Å². The summed E-state index contributed by atoms with van der Waals surface area (Å²) in [6, 6.07) is 3.16. The van der Waals surface area contributed by atoms with Gasteiger partial charge in [0.1, 0.15) is 0 Å². The van der Waals surface area contributed by atoms with Gasteiger partial charge in [-0.1, -0.05) is 83.1 Å². The molecule has 0 fully saturated rings. The minimum Gasteiger partial charge on any atom is -0.375 e. The molecular weight excluding hydrogens is 1160 g/mol. The fourth-order valence-electron chi connectivity index (χ4n) is 10.9. The standard InChI is InChI=1S/C58H136N6O13Si6/c1-21-59(22-2)47-41-53-78(65-33-13,66-34-14)73-80(69-37-17,55-43-49-61(25-5)26-6)75-82(71-39-19,57-45-51-63(29-9)30-10)77-83(72-40-20,58-46-52-64(31-11)32-12)76-81(70-38-18,56-44-50-62(27-7)28-8)74-79(67-35-15,68-36-16)54-42-48-60(23-3)24-4/h21-58H2,1-20H3. The van der Waals surface area contributed by atoms with Gasteiger partial charge in [0.05, 0.1) is 0 Å². The van der Waals surface area contributed by atoms with Crippen molar-refractivity contribution in [3.8, 4) is 0 Å².